The highest BCUT2D eigenvalue weighted by atomic mass is 16.1. The molecule has 0 aliphatic rings. The standard InChI is InChI=1S/C20H18N2O/c1-16(12-17-8-4-2-5-9-17)13-19(14-21)20(23)22-15-18-10-6-3-7-11-18/h2-13H,15H2,1H3,(H,22,23)/b16-12+,19-13+. The number of allylic oxidation sites excluding steroid dienone is 2. The van der Waals surface area contributed by atoms with Crippen molar-refractivity contribution in [2.45, 2.75) is 13.5 Å². The van der Waals surface area contributed by atoms with E-state index in [1.165, 1.54) is 0 Å². The first-order valence-corrected chi connectivity index (χ1v) is 7.36. The second kappa shape index (κ2) is 8.35. The van der Waals surface area contributed by atoms with Crippen molar-refractivity contribution in [2.24, 2.45) is 0 Å². The van der Waals surface area contributed by atoms with Crippen molar-refractivity contribution < 1.29 is 4.79 Å². The molecule has 1 N–H and O–H groups in total. The molecule has 0 bridgehead atoms. The van der Waals surface area contributed by atoms with E-state index in [9.17, 15) is 10.1 Å². The molecular formula is C20H18N2O. The first-order valence-electron chi connectivity index (χ1n) is 7.36. The maximum Gasteiger partial charge on any atom is 0.262 e. The smallest absolute Gasteiger partial charge is 0.262 e. The second-order valence-electron chi connectivity index (χ2n) is 5.14. The first-order chi connectivity index (χ1) is 11.2. The van der Waals surface area contributed by atoms with Crippen LogP contribution in [0, 0.1) is 11.3 Å². The van der Waals surface area contributed by atoms with E-state index in [0.717, 1.165) is 16.7 Å². The Morgan fingerprint density at radius 2 is 1.70 bits per heavy atom. The topological polar surface area (TPSA) is 52.9 Å². The van der Waals surface area contributed by atoms with Gasteiger partial charge in [-0.15, -0.1) is 0 Å². The van der Waals surface area contributed by atoms with E-state index >= 15 is 0 Å². The molecule has 2 aromatic carbocycles. The molecule has 23 heavy (non-hydrogen) atoms. The van der Waals surface area contributed by atoms with E-state index in [2.05, 4.69) is 5.32 Å². The Morgan fingerprint density at radius 3 is 2.30 bits per heavy atom. The van der Waals surface area contributed by atoms with E-state index < -0.39 is 0 Å². The van der Waals surface area contributed by atoms with Crippen LogP contribution in [0.4, 0.5) is 0 Å². The summed E-state index contributed by atoms with van der Waals surface area (Å²) in [4.78, 5) is 12.1. The van der Waals surface area contributed by atoms with Crippen molar-refractivity contribution in [3.8, 4) is 6.07 Å². The van der Waals surface area contributed by atoms with Crippen LogP contribution < -0.4 is 5.32 Å². The van der Waals surface area contributed by atoms with Crippen molar-refractivity contribution in [1.82, 2.24) is 5.32 Å². The molecule has 0 aromatic heterocycles. The second-order valence-corrected chi connectivity index (χ2v) is 5.14. The number of rotatable bonds is 5. The lowest BCUT2D eigenvalue weighted by Crippen LogP contribution is -2.24. The van der Waals surface area contributed by atoms with Gasteiger partial charge in [-0.2, -0.15) is 5.26 Å². The third-order valence-corrected chi connectivity index (χ3v) is 3.23. The van der Waals surface area contributed by atoms with Gasteiger partial charge in [-0.1, -0.05) is 66.7 Å². The number of nitriles is 1. The van der Waals surface area contributed by atoms with Gasteiger partial charge in [-0.25, -0.2) is 0 Å². The Hall–Kier alpha value is -3.12. The molecule has 114 valence electrons. The monoisotopic (exact) mass is 302 g/mol. The highest BCUT2D eigenvalue weighted by Crippen LogP contribution is 2.09. The molecule has 3 nitrogen and oxygen atoms in total. The Balaban J connectivity index is 2.04. The summed E-state index contributed by atoms with van der Waals surface area (Å²) in [7, 11) is 0. The molecule has 0 saturated heterocycles. The zero-order valence-corrected chi connectivity index (χ0v) is 13.0. The molecule has 2 rings (SSSR count). The number of hydrogen-bond donors (Lipinski definition) is 1. The lowest BCUT2D eigenvalue weighted by molar-refractivity contribution is -0.117. The average Bonchev–Trinajstić information content (AvgIpc) is 2.59. The van der Waals surface area contributed by atoms with Gasteiger partial charge in [0.25, 0.3) is 5.91 Å². The highest BCUT2D eigenvalue weighted by Gasteiger charge is 2.08. The molecule has 3 heteroatoms. The predicted octanol–water partition coefficient (Wildman–Crippen LogP) is 3.86. The molecule has 0 spiro atoms. The summed E-state index contributed by atoms with van der Waals surface area (Å²) in [6.45, 7) is 2.27. The Labute approximate surface area is 136 Å². The fourth-order valence-electron chi connectivity index (χ4n) is 2.10. The Kier molecular flexibility index (Phi) is 5.90. The number of nitrogens with one attached hydrogen (secondary N) is 1. The van der Waals surface area contributed by atoms with Gasteiger partial charge in [-0.05, 0) is 29.7 Å². The summed E-state index contributed by atoms with van der Waals surface area (Å²) in [5.41, 5.74) is 2.98. The fraction of sp³-hybridized carbons (Fsp3) is 0.100. The maximum atomic E-state index is 12.1. The van der Waals surface area contributed by atoms with Crippen molar-refractivity contribution >= 4 is 12.0 Å². The van der Waals surface area contributed by atoms with E-state index in [1.807, 2.05) is 79.7 Å². The zero-order chi connectivity index (χ0) is 16.5. The van der Waals surface area contributed by atoms with Crippen LogP contribution in [-0.4, -0.2) is 5.91 Å². The Morgan fingerprint density at radius 1 is 1.09 bits per heavy atom. The highest BCUT2D eigenvalue weighted by molar-refractivity contribution is 5.97. The summed E-state index contributed by atoms with van der Waals surface area (Å²) in [6, 6.07) is 21.3. The largest absolute Gasteiger partial charge is 0.347 e. The van der Waals surface area contributed by atoms with Gasteiger partial charge < -0.3 is 5.32 Å². The third kappa shape index (κ3) is 5.29. The minimum absolute atomic E-state index is 0.102. The number of benzene rings is 2. The maximum absolute atomic E-state index is 12.1. The summed E-state index contributed by atoms with van der Waals surface area (Å²) < 4.78 is 0. The number of hydrogen-bond acceptors (Lipinski definition) is 2. The van der Waals surface area contributed by atoms with Crippen molar-refractivity contribution in [3.63, 3.8) is 0 Å². The van der Waals surface area contributed by atoms with Crippen LogP contribution in [0.15, 0.2) is 77.9 Å². The normalized spacial score (nSPS) is 11.7. The van der Waals surface area contributed by atoms with E-state index in [1.54, 1.807) is 6.08 Å². The summed E-state index contributed by atoms with van der Waals surface area (Å²) in [6.07, 6.45) is 3.54. The molecule has 0 radical (unpaired) electrons. The molecule has 0 saturated carbocycles. The van der Waals surface area contributed by atoms with Crippen LogP contribution in [0.1, 0.15) is 18.1 Å². The van der Waals surface area contributed by atoms with Crippen molar-refractivity contribution in [1.29, 1.82) is 5.26 Å². The van der Waals surface area contributed by atoms with Crippen LogP contribution in [-0.2, 0) is 11.3 Å². The summed E-state index contributed by atoms with van der Waals surface area (Å²) in [5.74, 6) is -0.364. The summed E-state index contributed by atoms with van der Waals surface area (Å²) in [5, 5.41) is 12.0. The average molecular weight is 302 g/mol. The van der Waals surface area contributed by atoms with Crippen LogP contribution in [0.5, 0.6) is 0 Å². The van der Waals surface area contributed by atoms with Gasteiger partial charge in [0.2, 0.25) is 0 Å². The Bertz CT molecular complexity index is 753. The first kappa shape index (κ1) is 16.3. The number of carbonyl (C=O) groups excluding carboxylic acids is 1. The number of amides is 1. The van der Waals surface area contributed by atoms with Crippen molar-refractivity contribution in [2.75, 3.05) is 0 Å². The molecule has 1 amide bonds. The predicted molar refractivity (Wildman–Crippen MR) is 92.1 cm³/mol. The molecule has 0 aliphatic heterocycles. The summed E-state index contributed by atoms with van der Waals surface area (Å²) >= 11 is 0. The van der Waals surface area contributed by atoms with Crippen LogP contribution in [0.3, 0.4) is 0 Å². The molecule has 0 fully saturated rings. The fourth-order valence-corrected chi connectivity index (χ4v) is 2.10. The zero-order valence-electron chi connectivity index (χ0n) is 13.0. The van der Waals surface area contributed by atoms with Crippen LogP contribution >= 0.6 is 0 Å². The lowest BCUT2D eigenvalue weighted by Gasteiger charge is -2.04. The van der Waals surface area contributed by atoms with Gasteiger partial charge in [0.05, 0.1) is 0 Å². The van der Waals surface area contributed by atoms with Gasteiger partial charge in [0.1, 0.15) is 11.6 Å². The van der Waals surface area contributed by atoms with Gasteiger partial charge in [0, 0.05) is 6.54 Å². The van der Waals surface area contributed by atoms with Gasteiger partial charge in [0.15, 0.2) is 0 Å². The molecular weight excluding hydrogens is 284 g/mol. The molecule has 0 aliphatic carbocycles. The van der Waals surface area contributed by atoms with E-state index in [4.69, 9.17) is 0 Å². The number of nitrogens with zero attached hydrogens (tertiary/aromatic N) is 1. The number of carbonyl (C=O) groups is 1. The third-order valence-electron chi connectivity index (χ3n) is 3.23. The lowest BCUT2D eigenvalue weighted by atomic mass is 10.1. The molecule has 2 aromatic rings. The molecule has 0 atom stereocenters. The molecule has 0 unspecified atom stereocenters. The SMILES string of the molecule is CC(=C\c1ccccc1)/C=C(\C#N)C(=O)NCc1ccccc1. The van der Waals surface area contributed by atoms with E-state index in [-0.39, 0.29) is 11.5 Å². The van der Waals surface area contributed by atoms with Crippen LogP contribution in [0.2, 0.25) is 0 Å². The molecule has 0 heterocycles. The minimum atomic E-state index is -0.364. The van der Waals surface area contributed by atoms with Crippen LogP contribution in [0.25, 0.3) is 6.08 Å². The van der Waals surface area contributed by atoms with Crippen molar-refractivity contribution in [3.05, 3.63) is 89.0 Å². The van der Waals surface area contributed by atoms with Gasteiger partial charge >= 0.3 is 0 Å². The van der Waals surface area contributed by atoms with E-state index in [0.29, 0.717) is 6.54 Å². The van der Waals surface area contributed by atoms with Gasteiger partial charge in [-0.3, -0.25) is 4.79 Å². The minimum Gasteiger partial charge on any atom is -0.347 e. The quantitative estimate of drug-likeness (QED) is 0.518.